The summed E-state index contributed by atoms with van der Waals surface area (Å²) in [5.74, 6) is -1.07. The van der Waals surface area contributed by atoms with E-state index in [1.54, 1.807) is 6.92 Å². The minimum Gasteiger partial charge on any atom is -0.378 e. The number of nitrogens with zero attached hydrogens (tertiary/aromatic N) is 1. The lowest BCUT2D eigenvalue weighted by Gasteiger charge is -2.13. The summed E-state index contributed by atoms with van der Waals surface area (Å²) in [6.07, 6.45) is 2.87. The molecule has 0 atom stereocenters. The first-order valence-electron chi connectivity index (χ1n) is 7.19. The van der Waals surface area contributed by atoms with E-state index in [4.69, 9.17) is 4.74 Å². The van der Waals surface area contributed by atoms with Gasteiger partial charge >= 0.3 is 0 Å². The summed E-state index contributed by atoms with van der Waals surface area (Å²) in [5.41, 5.74) is 0. The third-order valence-corrected chi connectivity index (χ3v) is 2.92. The van der Waals surface area contributed by atoms with E-state index in [1.165, 1.54) is 12.2 Å². The second kappa shape index (κ2) is 9.67. The lowest BCUT2D eigenvalue weighted by Crippen LogP contribution is -2.35. The molecule has 122 valence electrons. The highest BCUT2D eigenvalue weighted by Crippen LogP contribution is 2.03. The Morgan fingerprint density at radius 3 is 2.14 bits per heavy atom. The Hall–Kier alpha value is -2.22. The van der Waals surface area contributed by atoms with Crippen molar-refractivity contribution in [2.45, 2.75) is 19.8 Å². The molecule has 8 nitrogen and oxygen atoms in total. The van der Waals surface area contributed by atoms with Gasteiger partial charge in [-0.15, -0.1) is 0 Å². The van der Waals surface area contributed by atoms with Gasteiger partial charge in [0, 0.05) is 44.6 Å². The third kappa shape index (κ3) is 6.49. The number of carbonyl (C=O) groups is 4. The van der Waals surface area contributed by atoms with Crippen LogP contribution in [0.25, 0.3) is 0 Å². The van der Waals surface area contributed by atoms with Crippen LogP contribution >= 0.6 is 0 Å². The highest BCUT2D eigenvalue weighted by atomic mass is 16.5. The zero-order valence-electron chi connectivity index (χ0n) is 12.6. The van der Waals surface area contributed by atoms with Gasteiger partial charge in [0.2, 0.25) is 11.8 Å². The van der Waals surface area contributed by atoms with Crippen molar-refractivity contribution in [1.82, 2.24) is 15.5 Å². The molecule has 0 fully saturated rings. The molecule has 22 heavy (non-hydrogen) atoms. The van der Waals surface area contributed by atoms with Crippen LogP contribution in [0.15, 0.2) is 12.2 Å². The molecular weight excluding hydrogens is 290 g/mol. The molecule has 0 aromatic heterocycles. The summed E-state index contributed by atoms with van der Waals surface area (Å²) >= 11 is 0. The van der Waals surface area contributed by atoms with Crippen LogP contribution in [0.4, 0.5) is 0 Å². The number of carbonyl (C=O) groups excluding carboxylic acids is 4. The van der Waals surface area contributed by atoms with Crippen LogP contribution in [0, 0.1) is 0 Å². The quantitative estimate of drug-likeness (QED) is 0.396. The van der Waals surface area contributed by atoms with E-state index >= 15 is 0 Å². The van der Waals surface area contributed by atoms with E-state index in [2.05, 4.69) is 10.6 Å². The summed E-state index contributed by atoms with van der Waals surface area (Å²) in [7, 11) is 0. The largest absolute Gasteiger partial charge is 0.378 e. The van der Waals surface area contributed by atoms with E-state index in [1.807, 2.05) is 0 Å². The Balaban J connectivity index is 1.99. The van der Waals surface area contributed by atoms with Crippen molar-refractivity contribution in [1.29, 1.82) is 0 Å². The van der Waals surface area contributed by atoms with E-state index in [-0.39, 0.29) is 24.8 Å². The van der Waals surface area contributed by atoms with Gasteiger partial charge in [-0.3, -0.25) is 24.1 Å². The van der Waals surface area contributed by atoms with E-state index in [0.29, 0.717) is 32.7 Å². The number of amides is 4. The van der Waals surface area contributed by atoms with Crippen LogP contribution in [0.1, 0.15) is 19.8 Å². The van der Waals surface area contributed by atoms with Crippen molar-refractivity contribution in [2.75, 3.05) is 32.8 Å². The first-order valence-corrected chi connectivity index (χ1v) is 7.19. The van der Waals surface area contributed by atoms with Gasteiger partial charge in [-0.1, -0.05) is 6.92 Å². The fourth-order valence-electron chi connectivity index (χ4n) is 1.71. The highest BCUT2D eigenvalue weighted by molar-refractivity contribution is 6.13. The summed E-state index contributed by atoms with van der Waals surface area (Å²) in [5, 5.41) is 5.29. The van der Waals surface area contributed by atoms with Crippen LogP contribution in [-0.4, -0.2) is 61.4 Å². The van der Waals surface area contributed by atoms with E-state index < -0.39 is 11.8 Å². The molecule has 0 aromatic carbocycles. The first-order chi connectivity index (χ1) is 10.5. The molecule has 2 N–H and O–H groups in total. The zero-order valence-corrected chi connectivity index (χ0v) is 12.6. The van der Waals surface area contributed by atoms with Gasteiger partial charge in [0.25, 0.3) is 11.8 Å². The average molecular weight is 311 g/mol. The molecule has 0 unspecified atom stereocenters. The average Bonchev–Trinajstić information content (AvgIpc) is 2.82. The molecule has 1 rings (SSSR count). The van der Waals surface area contributed by atoms with Crippen LogP contribution in [0.3, 0.4) is 0 Å². The van der Waals surface area contributed by atoms with E-state index in [9.17, 15) is 19.2 Å². The minimum absolute atomic E-state index is 0.0302. The van der Waals surface area contributed by atoms with Crippen molar-refractivity contribution in [3.63, 3.8) is 0 Å². The summed E-state index contributed by atoms with van der Waals surface area (Å²) < 4.78 is 5.23. The Morgan fingerprint density at radius 2 is 1.59 bits per heavy atom. The molecule has 0 aliphatic carbocycles. The number of imide groups is 1. The van der Waals surface area contributed by atoms with Gasteiger partial charge in [-0.2, -0.15) is 0 Å². The standard InChI is InChI=1S/C14H21N3O5/c1-2-11(18)15-6-9-22-10-7-16-12(19)5-8-17-13(20)3-4-14(17)21/h3-4H,2,5-10H2,1H3,(H,15,18)(H,16,19). The van der Waals surface area contributed by atoms with Gasteiger partial charge < -0.3 is 15.4 Å². The fraction of sp³-hybridized carbons (Fsp3) is 0.571. The SMILES string of the molecule is CCC(=O)NCCOCCNC(=O)CCN1C(=O)C=CC1=O. The lowest BCUT2D eigenvalue weighted by atomic mass is 10.3. The second-order valence-electron chi connectivity index (χ2n) is 4.58. The number of ether oxygens (including phenoxy) is 1. The second-order valence-corrected chi connectivity index (χ2v) is 4.58. The van der Waals surface area contributed by atoms with Gasteiger partial charge in [0.15, 0.2) is 0 Å². The maximum absolute atomic E-state index is 11.5. The van der Waals surface area contributed by atoms with Gasteiger partial charge in [-0.05, 0) is 0 Å². The Bertz CT molecular complexity index is 443. The minimum atomic E-state index is -0.393. The predicted octanol–water partition coefficient (Wildman–Crippen LogP) is -1.04. The molecule has 0 aromatic rings. The lowest BCUT2D eigenvalue weighted by molar-refractivity contribution is -0.137. The third-order valence-electron chi connectivity index (χ3n) is 2.92. The number of rotatable bonds is 10. The van der Waals surface area contributed by atoms with Crippen molar-refractivity contribution in [3.05, 3.63) is 12.2 Å². The fourth-order valence-corrected chi connectivity index (χ4v) is 1.71. The van der Waals surface area contributed by atoms with Crippen LogP contribution in [0.5, 0.6) is 0 Å². The molecule has 8 heteroatoms. The first kappa shape index (κ1) is 17.8. The highest BCUT2D eigenvalue weighted by Gasteiger charge is 2.23. The normalized spacial score (nSPS) is 13.6. The monoisotopic (exact) mass is 311 g/mol. The molecule has 1 aliphatic heterocycles. The molecule has 0 bridgehead atoms. The van der Waals surface area contributed by atoms with Crippen molar-refractivity contribution in [2.24, 2.45) is 0 Å². The molecule has 0 saturated carbocycles. The Labute approximate surface area is 128 Å². The number of nitrogens with one attached hydrogen (secondary N) is 2. The van der Waals surface area contributed by atoms with Crippen LogP contribution < -0.4 is 10.6 Å². The van der Waals surface area contributed by atoms with E-state index in [0.717, 1.165) is 4.90 Å². The Kier molecular flexibility index (Phi) is 7.84. The van der Waals surface area contributed by atoms with Crippen LogP contribution in [0.2, 0.25) is 0 Å². The summed E-state index contributed by atoms with van der Waals surface area (Å²) in [6, 6.07) is 0. The maximum Gasteiger partial charge on any atom is 0.253 e. The molecule has 0 radical (unpaired) electrons. The van der Waals surface area contributed by atoms with Gasteiger partial charge in [-0.25, -0.2) is 0 Å². The molecule has 1 heterocycles. The number of hydrogen-bond acceptors (Lipinski definition) is 5. The molecule has 4 amide bonds. The number of hydrogen-bond donors (Lipinski definition) is 2. The molecule has 1 aliphatic rings. The van der Waals surface area contributed by atoms with Crippen molar-refractivity contribution < 1.29 is 23.9 Å². The molecule has 0 spiro atoms. The summed E-state index contributed by atoms with van der Waals surface area (Å²) in [6.45, 7) is 3.32. The van der Waals surface area contributed by atoms with Crippen LogP contribution in [-0.2, 0) is 23.9 Å². The van der Waals surface area contributed by atoms with Crippen molar-refractivity contribution in [3.8, 4) is 0 Å². The topological polar surface area (TPSA) is 105 Å². The van der Waals surface area contributed by atoms with Crippen molar-refractivity contribution >= 4 is 23.6 Å². The molecular formula is C14H21N3O5. The van der Waals surface area contributed by atoms with Gasteiger partial charge in [0.05, 0.1) is 13.2 Å². The Morgan fingerprint density at radius 1 is 1.05 bits per heavy atom. The summed E-state index contributed by atoms with van der Waals surface area (Å²) in [4.78, 5) is 46.0. The maximum atomic E-state index is 11.5. The van der Waals surface area contributed by atoms with Gasteiger partial charge in [0.1, 0.15) is 0 Å². The zero-order chi connectivity index (χ0) is 16.4. The predicted molar refractivity (Wildman–Crippen MR) is 77.6 cm³/mol. The molecule has 0 saturated heterocycles. The smallest absolute Gasteiger partial charge is 0.253 e.